The second-order valence-corrected chi connectivity index (χ2v) is 8.82. The highest BCUT2D eigenvalue weighted by Crippen LogP contribution is 2.27. The van der Waals surface area contributed by atoms with Crippen molar-refractivity contribution in [1.82, 2.24) is 10.2 Å². The lowest BCUT2D eigenvalue weighted by Gasteiger charge is -2.26. The summed E-state index contributed by atoms with van der Waals surface area (Å²) in [7, 11) is 0. The number of rotatable bonds is 5. The van der Waals surface area contributed by atoms with E-state index in [-0.39, 0.29) is 17.1 Å². The van der Waals surface area contributed by atoms with Gasteiger partial charge >= 0.3 is 0 Å². The number of hydrogen-bond acceptors (Lipinski definition) is 3. The van der Waals surface area contributed by atoms with Gasteiger partial charge in [-0.2, -0.15) is 0 Å². The van der Waals surface area contributed by atoms with Crippen LogP contribution in [0, 0.1) is 0 Å². The summed E-state index contributed by atoms with van der Waals surface area (Å²) in [4.78, 5) is 15.1. The van der Waals surface area contributed by atoms with Crippen molar-refractivity contribution in [3.05, 3.63) is 64.7 Å². The molecule has 0 aromatic heterocycles. The molecule has 2 aromatic carbocycles. The van der Waals surface area contributed by atoms with E-state index in [1.807, 2.05) is 12.1 Å². The molecule has 1 saturated heterocycles. The Morgan fingerprint density at radius 1 is 1.04 bits per heavy atom. The number of nitrogens with zero attached hydrogens (tertiary/aromatic N) is 1. The predicted octanol–water partition coefficient (Wildman–Crippen LogP) is 4.61. The van der Waals surface area contributed by atoms with Crippen LogP contribution in [0.1, 0.15) is 67.1 Å². The number of piperidine rings is 1. The molecular formula is C24H32N2O2. The zero-order valence-electron chi connectivity index (χ0n) is 17.3. The number of carbonyl (C=O) groups is 1. The lowest BCUT2D eigenvalue weighted by Crippen LogP contribution is -2.29. The zero-order valence-corrected chi connectivity index (χ0v) is 17.3. The van der Waals surface area contributed by atoms with Crippen LogP contribution in [-0.4, -0.2) is 29.0 Å². The van der Waals surface area contributed by atoms with Gasteiger partial charge in [0.2, 0.25) is 0 Å². The normalized spacial score (nSPS) is 15.4. The van der Waals surface area contributed by atoms with Crippen LogP contribution in [0.3, 0.4) is 0 Å². The van der Waals surface area contributed by atoms with Gasteiger partial charge in [-0.05, 0) is 60.2 Å². The molecule has 0 spiro atoms. The van der Waals surface area contributed by atoms with Crippen molar-refractivity contribution in [2.24, 2.45) is 0 Å². The van der Waals surface area contributed by atoms with E-state index >= 15 is 0 Å². The lowest BCUT2D eigenvalue weighted by molar-refractivity contribution is 0.0948. The molecule has 0 aliphatic carbocycles. The summed E-state index contributed by atoms with van der Waals surface area (Å²) in [5, 5.41) is 13.1. The number of hydrogen-bond donors (Lipinski definition) is 2. The van der Waals surface area contributed by atoms with Crippen molar-refractivity contribution in [2.75, 3.05) is 13.1 Å². The summed E-state index contributed by atoms with van der Waals surface area (Å²) < 4.78 is 0. The van der Waals surface area contributed by atoms with Crippen LogP contribution in [0.25, 0.3) is 0 Å². The van der Waals surface area contributed by atoms with Gasteiger partial charge in [0.1, 0.15) is 5.75 Å². The van der Waals surface area contributed by atoms with Crippen LogP contribution in [0.2, 0.25) is 0 Å². The van der Waals surface area contributed by atoms with Gasteiger partial charge < -0.3 is 10.4 Å². The number of phenols is 1. The Labute approximate surface area is 168 Å². The quantitative estimate of drug-likeness (QED) is 0.797. The molecule has 3 rings (SSSR count). The fraction of sp³-hybridized carbons (Fsp3) is 0.458. The number of benzene rings is 2. The van der Waals surface area contributed by atoms with Crippen LogP contribution < -0.4 is 5.32 Å². The smallest absolute Gasteiger partial charge is 0.255 e. The second-order valence-electron chi connectivity index (χ2n) is 8.82. The molecule has 1 aliphatic heterocycles. The average molecular weight is 381 g/mol. The second kappa shape index (κ2) is 8.78. The monoisotopic (exact) mass is 380 g/mol. The van der Waals surface area contributed by atoms with Gasteiger partial charge in [-0.3, -0.25) is 9.69 Å². The number of likely N-dealkylation sites (tertiary alicyclic amines) is 1. The third kappa shape index (κ3) is 5.35. The number of amides is 1. The molecule has 2 aromatic rings. The van der Waals surface area contributed by atoms with E-state index in [9.17, 15) is 9.90 Å². The molecule has 1 fully saturated rings. The molecule has 1 heterocycles. The molecule has 0 atom stereocenters. The third-order valence-corrected chi connectivity index (χ3v) is 5.41. The van der Waals surface area contributed by atoms with Crippen molar-refractivity contribution in [1.29, 1.82) is 0 Å². The fourth-order valence-corrected chi connectivity index (χ4v) is 3.68. The molecule has 4 heteroatoms. The van der Waals surface area contributed by atoms with E-state index in [0.29, 0.717) is 12.1 Å². The van der Waals surface area contributed by atoms with E-state index in [1.165, 1.54) is 37.9 Å². The minimum absolute atomic E-state index is 0.0179. The summed E-state index contributed by atoms with van der Waals surface area (Å²) in [6, 6.07) is 13.7. The SMILES string of the molecule is CC(C)(C)c1ccc(O)c(C(=O)NCc2cccc(CN3CCCCC3)c2)c1. The first-order valence-electron chi connectivity index (χ1n) is 10.2. The van der Waals surface area contributed by atoms with Gasteiger partial charge in [0.25, 0.3) is 5.91 Å². The van der Waals surface area contributed by atoms with Crippen LogP contribution >= 0.6 is 0 Å². The molecule has 0 saturated carbocycles. The minimum Gasteiger partial charge on any atom is -0.507 e. The van der Waals surface area contributed by atoms with E-state index in [4.69, 9.17) is 0 Å². The number of phenolic OH excluding ortho intramolecular Hbond substituents is 1. The largest absolute Gasteiger partial charge is 0.507 e. The first-order chi connectivity index (χ1) is 13.3. The topological polar surface area (TPSA) is 52.6 Å². The Kier molecular flexibility index (Phi) is 6.40. The van der Waals surface area contributed by atoms with Gasteiger partial charge in [-0.15, -0.1) is 0 Å². The molecule has 28 heavy (non-hydrogen) atoms. The predicted molar refractivity (Wildman–Crippen MR) is 114 cm³/mol. The van der Waals surface area contributed by atoms with Gasteiger partial charge in [-0.1, -0.05) is 57.5 Å². The van der Waals surface area contributed by atoms with Gasteiger partial charge in [0.05, 0.1) is 5.56 Å². The molecule has 1 amide bonds. The molecular weight excluding hydrogens is 348 g/mol. The molecule has 0 bridgehead atoms. The van der Waals surface area contributed by atoms with Gasteiger partial charge in [-0.25, -0.2) is 0 Å². The van der Waals surface area contributed by atoms with E-state index < -0.39 is 0 Å². The Hall–Kier alpha value is -2.33. The van der Waals surface area contributed by atoms with Gasteiger partial charge in [0, 0.05) is 13.1 Å². The average Bonchev–Trinajstić information content (AvgIpc) is 2.67. The summed E-state index contributed by atoms with van der Waals surface area (Å²) in [6.07, 6.45) is 3.91. The Morgan fingerprint density at radius 3 is 2.46 bits per heavy atom. The lowest BCUT2D eigenvalue weighted by atomic mass is 9.86. The Balaban J connectivity index is 1.64. The Bertz CT molecular complexity index is 818. The maximum Gasteiger partial charge on any atom is 0.255 e. The van der Waals surface area contributed by atoms with Crippen molar-refractivity contribution < 1.29 is 9.90 Å². The molecule has 2 N–H and O–H groups in total. The van der Waals surface area contributed by atoms with Crippen molar-refractivity contribution in [3.8, 4) is 5.75 Å². The number of nitrogens with one attached hydrogen (secondary N) is 1. The van der Waals surface area contributed by atoms with E-state index in [1.54, 1.807) is 12.1 Å². The van der Waals surface area contributed by atoms with E-state index in [0.717, 1.165) is 17.7 Å². The van der Waals surface area contributed by atoms with Crippen molar-refractivity contribution in [2.45, 2.75) is 58.5 Å². The summed E-state index contributed by atoms with van der Waals surface area (Å²) >= 11 is 0. The van der Waals surface area contributed by atoms with E-state index in [2.05, 4.69) is 49.2 Å². The summed E-state index contributed by atoms with van der Waals surface area (Å²) in [5.41, 5.74) is 3.64. The minimum atomic E-state index is -0.245. The fourth-order valence-electron chi connectivity index (χ4n) is 3.68. The summed E-state index contributed by atoms with van der Waals surface area (Å²) in [6.45, 7) is 10.0. The highest BCUT2D eigenvalue weighted by atomic mass is 16.3. The third-order valence-electron chi connectivity index (χ3n) is 5.41. The highest BCUT2D eigenvalue weighted by molar-refractivity contribution is 5.97. The molecule has 0 unspecified atom stereocenters. The first kappa shape index (κ1) is 20.4. The summed E-state index contributed by atoms with van der Waals surface area (Å²) in [5.74, 6) is -0.227. The molecule has 0 radical (unpaired) electrons. The Morgan fingerprint density at radius 2 is 1.75 bits per heavy atom. The number of aromatic hydroxyl groups is 1. The highest BCUT2D eigenvalue weighted by Gasteiger charge is 2.18. The van der Waals surface area contributed by atoms with Crippen LogP contribution in [0.4, 0.5) is 0 Å². The zero-order chi connectivity index (χ0) is 20.1. The maximum absolute atomic E-state index is 12.6. The van der Waals surface area contributed by atoms with Crippen LogP contribution in [-0.2, 0) is 18.5 Å². The molecule has 4 nitrogen and oxygen atoms in total. The van der Waals surface area contributed by atoms with Crippen molar-refractivity contribution in [3.63, 3.8) is 0 Å². The van der Waals surface area contributed by atoms with Gasteiger partial charge in [0.15, 0.2) is 0 Å². The first-order valence-corrected chi connectivity index (χ1v) is 10.2. The van der Waals surface area contributed by atoms with Crippen molar-refractivity contribution >= 4 is 5.91 Å². The maximum atomic E-state index is 12.6. The van der Waals surface area contributed by atoms with Crippen LogP contribution in [0.5, 0.6) is 5.75 Å². The van der Waals surface area contributed by atoms with Crippen LogP contribution in [0.15, 0.2) is 42.5 Å². The number of carbonyl (C=O) groups excluding carboxylic acids is 1. The molecule has 1 aliphatic rings. The molecule has 150 valence electrons. The standard InChI is InChI=1S/C24H32N2O2/c1-24(2,3)20-10-11-22(27)21(15-20)23(28)25-16-18-8-7-9-19(14-18)17-26-12-5-4-6-13-26/h7-11,14-15,27H,4-6,12-13,16-17H2,1-3H3,(H,25,28).